The third kappa shape index (κ3) is 9.48. The third-order valence-corrected chi connectivity index (χ3v) is 4.55. The van der Waals surface area contributed by atoms with Crippen LogP contribution in [0.15, 0.2) is 24.3 Å². The highest BCUT2D eigenvalue weighted by Gasteiger charge is 2.35. The molecule has 150 valence electrons. The van der Waals surface area contributed by atoms with E-state index < -0.39 is 36.5 Å². The summed E-state index contributed by atoms with van der Waals surface area (Å²) in [6, 6.07) is 0. The van der Waals surface area contributed by atoms with Crippen LogP contribution in [0.5, 0.6) is 0 Å². The molecule has 4 N–H and O–H groups in total. The molecule has 1 aliphatic heterocycles. The third-order valence-electron chi connectivity index (χ3n) is 4.55. The minimum atomic E-state index is -0.804. The Hall–Kier alpha value is -1.21. The van der Waals surface area contributed by atoms with Crippen molar-refractivity contribution in [2.45, 2.75) is 95.2 Å². The molecule has 0 bridgehead atoms. The van der Waals surface area contributed by atoms with E-state index in [1.807, 2.05) is 12.2 Å². The summed E-state index contributed by atoms with van der Waals surface area (Å²) in [6.45, 7) is 2.11. The summed E-state index contributed by atoms with van der Waals surface area (Å²) in [5.41, 5.74) is 0. The second-order valence-electron chi connectivity index (χ2n) is 6.95. The zero-order valence-corrected chi connectivity index (χ0v) is 15.7. The standard InChI is InChI=1S/C20H34O6/c1-2-3-6-9-15(21)12-13-18-17(23)14-19(26-18)16(22)10-7-4-5-8-11-20(24)25/h4,7,12-13,15-19,21-23H,2-3,5-6,8-11,14H2,1H3,(H,24,25)/b7-4-,13-12+/t15-,16-,17-,18+,19+/m1/s1. The number of carbonyl (C=O) groups is 1. The number of carboxylic acids is 1. The monoisotopic (exact) mass is 370 g/mol. The van der Waals surface area contributed by atoms with Crippen molar-refractivity contribution in [1.29, 1.82) is 0 Å². The molecule has 0 saturated carbocycles. The number of rotatable bonds is 13. The summed E-state index contributed by atoms with van der Waals surface area (Å²) in [5.74, 6) is -0.804. The second kappa shape index (κ2) is 13.0. The van der Waals surface area contributed by atoms with Gasteiger partial charge in [0.05, 0.1) is 24.4 Å². The lowest BCUT2D eigenvalue weighted by atomic mass is 10.0. The Labute approximate surface area is 156 Å². The van der Waals surface area contributed by atoms with Crippen LogP contribution in [-0.2, 0) is 9.53 Å². The smallest absolute Gasteiger partial charge is 0.303 e. The fourth-order valence-electron chi connectivity index (χ4n) is 2.96. The number of aliphatic hydroxyl groups is 3. The van der Waals surface area contributed by atoms with E-state index in [1.165, 1.54) is 0 Å². The van der Waals surface area contributed by atoms with Gasteiger partial charge < -0.3 is 25.2 Å². The van der Waals surface area contributed by atoms with E-state index in [9.17, 15) is 20.1 Å². The van der Waals surface area contributed by atoms with Crippen LogP contribution in [0.2, 0.25) is 0 Å². The Morgan fingerprint density at radius 2 is 2.00 bits per heavy atom. The van der Waals surface area contributed by atoms with Gasteiger partial charge in [0, 0.05) is 12.8 Å². The molecule has 6 heteroatoms. The Morgan fingerprint density at radius 3 is 2.69 bits per heavy atom. The van der Waals surface area contributed by atoms with E-state index in [1.54, 1.807) is 12.2 Å². The topological polar surface area (TPSA) is 107 Å². The molecule has 0 aromatic rings. The average Bonchev–Trinajstić information content (AvgIpc) is 2.97. The van der Waals surface area contributed by atoms with E-state index in [4.69, 9.17) is 9.84 Å². The second-order valence-corrected chi connectivity index (χ2v) is 6.95. The van der Waals surface area contributed by atoms with E-state index in [-0.39, 0.29) is 6.42 Å². The number of hydrogen-bond acceptors (Lipinski definition) is 5. The van der Waals surface area contributed by atoms with Crippen LogP contribution in [-0.4, -0.2) is 56.9 Å². The number of aliphatic hydroxyl groups excluding tert-OH is 3. The number of ether oxygens (including phenoxy) is 1. The van der Waals surface area contributed by atoms with Crippen LogP contribution in [0, 0.1) is 0 Å². The molecule has 5 atom stereocenters. The van der Waals surface area contributed by atoms with Gasteiger partial charge in [0.25, 0.3) is 0 Å². The van der Waals surface area contributed by atoms with E-state index in [2.05, 4.69) is 6.92 Å². The molecular weight excluding hydrogens is 336 g/mol. The molecule has 1 aliphatic rings. The first-order valence-corrected chi connectivity index (χ1v) is 9.68. The molecule has 1 heterocycles. The molecule has 0 aromatic carbocycles. The van der Waals surface area contributed by atoms with Gasteiger partial charge in [-0.2, -0.15) is 0 Å². The van der Waals surface area contributed by atoms with Crippen molar-refractivity contribution in [3.05, 3.63) is 24.3 Å². The molecule has 0 unspecified atom stereocenters. The lowest BCUT2D eigenvalue weighted by Crippen LogP contribution is -2.25. The van der Waals surface area contributed by atoms with Crippen molar-refractivity contribution < 1.29 is 30.0 Å². The Balaban J connectivity index is 2.30. The molecule has 0 aliphatic carbocycles. The quantitative estimate of drug-likeness (QED) is 0.293. The van der Waals surface area contributed by atoms with Crippen molar-refractivity contribution in [2.24, 2.45) is 0 Å². The maximum Gasteiger partial charge on any atom is 0.303 e. The molecule has 0 spiro atoms. The van der Waals surface area contributed by atoms with Crippen LogP contribution in [0.1, 0.15) is 64.7 Å². The molecule has 1 rings (SSSR count). The van der Waals surface area contributed by atoms with Gasteiger partial charge in [0.1, 0.15) is 6.10 Å². The highest BCUT2D eigenvalue weighted by atomic mass is 16.5. The van der Waals surface area contributed by atoms with Crippen molar-refractivity contribution in [3.8, 4) is 0 Å². The van der Waals surface area contributed by atoms with Crippen LogP contribution >= 0.6 is 0 Å². The summed E-state index contributed by atoms with van der Waals surface area (Å²) in [4.78, 5) is 10.4. The van der Waals surface area contributed by atoms with Gasteiger partial charge >= 0.3 is 5.97 Å². The molecule has 0 amide bonds. The zero-order valence-electron chi connectivity index (χ0n) is 15.7. The molecule has 1 fully saturated rings. The number of aliphatic carboxylic acids is 1. The van der Waals surface area contributed by atoms with Gasteiger partial charge in [-0.15, -0.1) is 0 Å². The summed E-state index contributed by atoms with van der Waals surface area (Å²) >= 11 is 0. The molecule has 1 saturated heterocycles. The number of carboxylic acid groups (broad SMARTS) is 1. The van der Waals surface area contributed by atoms with Crippen molar-refractivity contribution in [3.63, 3.8) is 0 Å². The summed E-state index contributed by atoms with van der Waals surface area (Å²) < 4.78 is 5.71. The van der Waals surface area contributed by atoms with E-state index in [0.29, 0.717) is 32.1 Å². The highest BCUT2D eigenvalue weighted by molar-refractivity contribution is 5.66. The molecular formula is C20H34O6. The minimum absolute atomic E-state index is 0.142. The average molecular weight is 370 g/mol. The van der Waals surface area contributed by atoms with Crippen LogP contribution in [0.25, 0.3) is 0 Å². The zero-order chi connectivity index (χ0) is 19.4. The summed E-state index contributed by atoms with van der Waals surface area (Å²) in [5, 5.41) is 38.7. The largest absolute Gasteiger partial charge is 0.481 e. The summed E-state index contributed by atoms with van der Waals surface area (Å²) in [7, 11) is 0. The van der Waals surface area contributed by atoms with Crippen molar-refractivity contribution in [2.75, 3.05) is 0 Å². The first kappa shape index (κ1) is 22.8. The number of unbranched alkanes of at least 4 members (excludes halogenated alkanes) is 3. The number of hydrogen-bond donors (Lipinski definition) is 4. The van der Waals surface area contributed by atoms with E-state index >= 15 is 0 Å². The minimum Gasteiger partial charge on any atom is -0.481 e. The van der Waals surface area contributed by atoms with Crippen LogP contribution in [0.3, 0.4) is 0 Å². The first-order chi connectivity index (χ1) is 12.4. The van der Waals surface area contributed by atoms with Crippen LogP contribution < -0.4 is 0 Å². The fraction of sp³-hybridized carbons (Fsp3) is 0.750. The van der Waals surface area contributed by atoms with Gasteiger partial charge in [-0.3, -0.25) is 4.79 Å². The van der Waals surface area contributed by atoms with Gasteiger partial charge in [0.2, 0.25) is 0 Å². The van der Waals surface area contributed by atoms with Crippen molar-refractivity contribution >= 4 is 5.97 Å². The fourth-order valence-corrected chi connectivity index (χ4v) is 2.96. The van der Waals surface area contributed by atoms with Crippen molar-refractivity contribution in [1.82, 2.24) is 0 Å². The molecule has 0 aromatic heterocycles. The normalized spacial score (nSPS) is 25.9. The van der Waals surface area contributed by atoms with Crippen LogP contribution in [0.4, 0.5) is 0 Å². The van der Waals surface area contributed by atoms with Gasteiger partial charge in [0.15, 0.2) is 0 Å². The Kier molecular flexibility index (Phi) is 11.4. The first-order valence-electron chi connectivity index (χ1n) is 9.68. The maximum atomic E-state index is 10.4. The van der Waals surface area contributed by atoms with E-state index in [0.717, 1.165) is 19.3 Å². The van der Waals surface area contributed by atoms with Gasteiger partial charge in [-0.25, -0.2) is 0 Å². The van der Waals surface area contributed by atoms with Gasteiger partial charge in [-0.05, 0) is 25.7 Å². The number of allylic oxidation sites excluding steroid dienone is 1. The molecule has 6 nitrogen and oxygen atoms in total. The predicted molar refractivity (Wildman–Crippen MR) is 99.8 cm³/mol. The highest BCUT2D eigenvalue weighted by Crippen LogP contribution is 2.25. The van der Waals surface area contributed by atoms with Gasteiger partial charge in [-0.1, -0.05) is 50.5 Å². The molecule has 0 radical (unpaired) electrons. The Bertz CT molecular complexity index is 448. The maximum absolute atomic E-state index is 10.4. The lowest BCUT2D eigenvalue weighted by Gasteiger charge is -2.16. The lowest BCUT2D eigenvalue weighted by molar-refractivity contribution is -0.137. The predicted octanol–water partition coefficient (Wildman–Crippen LogP) is 2.56. The Morgan fingerprint density at radius 1 is 1.23 bits per heavy atom. The molecule has 26 heavy (non-hydrogen) atoms. The SMILES string of the molecule is CCCCC[C@@H](O)/C=C/[C@@H]1O[C@H]([C@H](O)C/C=C\CCCC(=O)O)C[C@H]1O. The summed E-state index contributed by atoms with van der Waals surface area (Å²) in [6.07, 6.45) is 10.2.